The lowest BCUT2D eigenvalue weighted by molar-refractivity contribution is -0.384. The molecular formula is C14H14ClFN2O2S. The van der Waals surface area contributed by atoms with Crippen molar-refractivity contribution in [1.82, 2.24) is 0 Å². The summed E-state index contributed by atoms with van der Waals surface area (Å²) in [6, 6.07) is 3.98. The van der Waals surface area contributed by atoms with Gasteiger partial charge in [0.25, 0.3) is 5.69 Å². The number of rotatable bonds is 4. The van der Waals surface area contributed by atoms with Crippen molar-refractivity contribution in [2.45, 2.75) is 26.8 Å². The van der Waals surface area contributed by atoms with Crippen molar-refractivity contribution < 1.29 is 9.31 Å². The standard InChI is InChI=1S/C14H14ClFN2O2S/c1-7-4-10(9(3)21-7)8(2)17-13-5-11(15)12(16)6-14(13)18(19)20/h4-6,8,17H,1-3H3. The van der Waals surface area contributed by atoms with Crippen LogP contribution in [0.25, 0.3) is 0 Å². The predicted molar refractivity (Wildman–Crippen MR) is 83.9 cm³/mol. The smallest absolute Gasteiger partial charge is 0.295 e. The van der Waals surface area contributed by atoms with E-state index in [2.05, 4.69) is 5.32 Å². The van der Waals surface area contributed by atoms with Crippen LogP contribution >= 0.6 is 22.9 Å². The lowest BCUT2D eigenvalue weighted by Gasteiger charge is -2.16. The van der Waals surface area contributed by atoms with Crippen molar-refractivity contribution in [3.05, 3.63) is 54.5 Å². The first-order valence-corrected chi connectivity index (χ1v) is 7.46. The van der Waals surface area contributed by atoms with Crippen LogP contribution < -0.4 is 5.32 Å². The molecule has 0 spiro atoms. The van der Waals surface area contributed by atoms with Gasteiger partial charge in [0.1, 0.15) is 11.5 Å². The highest BCUT2D eigenvalue weighted by atomic mass is 35.5. The minimum atomic E-state index is -0.802. The summed E-state index contributed by atoms with van der Waals surface area (Å²) in [6.45, 7) is 5.90. The molecule has 21 heavy (non-hydrogen) atoms. The number of nitro benzene ring substituents is 1. The summed E-state index contributed by atoms with van der Waals surface area (Å²) in [4.78, 5) is 12.7. The van der Waals surface area contributed by atoms with Crippen LogP contribution in [0.2, 0.25) is 5.02 Å². The summed E-state index contributed by atoms with van der Waals surface area (Å²) in [6.07, 6.45) is 0. The van der Waals surface area contributed by atoms with Gasteiger partial charge in [-0.15, -0.1) is 11.3 Å². The third kappa shape index (κ3) is 3.33. The van der Waals surface area contributed by atoms with Crippen LogP contribution in [0.1, 0.15) is 28.3 Å². The van der Waals surface area contributed by atoms with Gasteiger partial charge in [-0.3, -0.25) is 10.1 Å². The zero-order valence-electron chi connectivity index (χ0n) is 11.7. The number of thiophene rings is 1. The zero-order valence-corrected chi connectivity index (χ0v) is 13.3. The third-order valence-electron chi connectivity index (χ3n) is 3.15. The van der Waals surface area contributed by atoms with Crippen LogP contribution in [0.5, 0.6) is 0 Å². The Bertz CT molecular complexity index is 703. The topological polar surface area (TPSA) is 55.2 Å². The Morgan fingerprint density at radius 2 is 2.05 bits per heavy atom. The number of nitrogens with zero attached hydrogens (tertiary/aromatic N) is 1. The molecule has 1 aromatic heterocycles. The molecule has 112 valence electrons. The maximum Gasteiger partial charge on any atom is 0.295 e. The maximum atomic E-state index is 13.4. The molecule has 1 aromatic carbocycles. The normalized spacial score (nSPS) is 12.2. The van der Waals surface area contributed by atoms with E-state index in [1.54, 1.807) is 11.3 Å². The number of halogens is 2. The molecule has 4 nitrogen and oxygen atoms in total. The second kappa shape index (κ2) is 5.99. The SMILES string of the molecule is Cc1cc(C(C)Nc2cc(Cl)c(F)cc2[N+](=O)[O-])c(C)s1. The third-order valence-corrected chi connectivity index (χ3v) is 4.42. The number of anilines is 1. The van der Waals surface area contributed by atoms with E-state index in [0.717, 1.165) is 16.5 Å². The molecule has 0 aliphatic rings. The molecule has 1 atom stereocenters. The van der Waals surface area contributed by atoms with E-state index in [0.29, 0.717) is 0 Å². The molecule has 7 heteroatoms. The summed E-state index contributed by atoms with van der Waals surface area (Å²) in [5, 5.41) is 13.9. The monoisotopic (exact) mass is 328 g/mol. The Kier molecular flexibility index (Phi) is 4.49. The molecule has 0 bridgehead atoms. The van der Waals surface area contributed by atoms with E-state index >= 15 is 0 Å². The van der Waals surface area contributed by atoms with E-state index in [9.17, 15) is 14.5 Å². The number of aryl methyl sites for hydroxylation is 2. The molecule has 0 radical (unpaired) electrons. The van der Waals surface area contributed by atoms with Gasteiger partial charge in [0, 0.05) is 15.8 Å². The van der Waals surface area contributed by atoms with Crippen LogP contribution in [0, 0.1) is 29.8 Å². The van der Waals surface area contributed by atoms with Gasteiger partial charge in [-0.25, -0.2) is 4.39 Å². The van der Waals surface area contributed by atoms with Gasteiger partial charge in [0.05, 0.1) is 16.0 Å². The summed E-state index contributed by atoms with van der Waals surface area (Å²) in [5.74, 6) is -0.802. The average molecular weight is 329 g/mol. The molecule has 1 unspecified atom stereocenters. The Morgan fingerprint density at radius 3 is 2.57 bits per heavy atom. The van der Waals surface area contributed by atoms with E-state index in [-0.39, 0.29) is 22.4 Å². The molecule has 0 saturated heterocycles. The maximum absolute atomic E-state index is 13.4. The first-order valence-electron chi connectivity index (χ1n) is 6.26. The van der Waals surface area contributed by atoms with Crippen molar-refractivity contribution >= 4 is 34.3 Å². The van der Waals surface area contributed by atoms with Gasteiger partial charge in [0.15, 0.2) is 0 Å². The number of nitrogens with one attached hydrogen (secondary N) is 1. The molecule has 1 N–H and O–H groups in total. The van der Waals surface area contributed by atoms with Gasteiger partial charge < -0.3 is 5.32 Å². The zero-order chi connectivity index (χ0) is 15.7. The van der Waals surface area contributed by atoms with Gasteiger partial charge in [-0.1, -0.05) is 11.6 Å². The summed E-state index contributed by atoms with van der Waals surface area (Å²) in [5.41, 5.74) is 0.947. The quantitative estimate of drug-likeness (QED) is 0.617. The van der Waals surface area contributed by atoms with Crippen molar-refractivity contribution in [1.29, 1.82) is 0 Å². The number of benzene rings is 1. The Morgan fingerprint density at radius 1 is 1.38 bits per heavy atom. The van der Waals surface area contributed by atoms with Crippen LogP contribution in [-0.2, 0) is 0 Å². The van der Waals surface area contributed by atoms with Gasteiger partial charge in [0.2, 0.25) is 0 Å². The van der Waals surface area contributed by atoms with Crippen LogP contribution in [0.3, 0.4) is 0 Å². The molecule has 0 amide bonds. The van der Waals surface area contributed by atoms with E-state index in [4.69, 9.17) is 11.6 Å². The highest BCUT2D eigenvalue weighted by Crippen LogP contribution is 2.34. The van der Waals surface area contributed by atoms with Gasteiger partial charge in [-0.05, 0) is 38.5 Å². The molecule has 0 aliphatic carbocycles. The molecule has 2 aromatic rings. The number of hydrogen-bond acceptors (Lipinski definition) is 4. The lowest BCUT2D eigenvalue weighted by atomic mass is 10.1. The van der Waals surface area contributed by atoms with Crippen molar-refractivity contribution in [2.24, 2.45) is 0 Å². The molecule has 0 aliphatic heterocycles. The summed E-state index contributed by atoms with van der Waals surface area (Å²) in [7, 11) is 0. The van der Waals surface area contributed by atoms with E-state index in [1.165, 1.54) is 10.9 Å². The molecule has 0 fully saturated rings. The second-order valence-corrected chi connectivity index (χ2v) is 6.64. The second-order valence-electron chi connectivity index (χ2n) is 4.78. The number of hydrogen-bond donors (Lipinski definition) is 1. The highest BCUT2D eigenvalue weighted by Gasteiger charge is 2.20. The van der Waals surface area contributed by atoms with Gasteiger partial charge in [-0.2, -0.15) is 0 Å². The minimum Gasteiger partial charge on any atom is -0.373 e. The Balaban J connectivity index is 2.36. The molecule has 1 heterocycles. The minimum absolute atomic E-state index is 0.143. The van der Waals surface area contributed by atoms with Crippen molar-refractivity contribution in [3.63, 3.8) is 0 Å². The van der Waals surface area contributed by atoms with Crippen molar-refractivity contribution in [2.75, 3.05) is 5.32 Å². The summed E-state index contributed by atoms with van der Waals surface area (Å²) < 4.78 is 13.4. The van der Waals surface area contributed by atoms with E-state index < -0.39 is 10.7 Å². The molecular weight excluding hydrogens is 315 g/mol. The largest absolute Gasteiger partial charge is 0.373 e. The average Bonchev–Trinajstić information content (AvgIpc) is 2.72. The first kappa shape index (κ1) is 15.7. The summed E-state index contributed by atoms with van der Waals surface area (Å²) >= 11 is 7.38. The predicted octanol–water partition coefficient (Wildman–Crippen LogP) is 5.24. The Labute approximate surface area is 130 Å². The van der Waals surface area contributed by atoms with Crippen LogP contribution in [-0.4, -0.2) is 4.92 Å². The van der Waals surface area contributed by atoms with Gasteiger partial charge >= 0.3 is 0 Å². The van der Waals surface area contributed by atoms with Crippen LogP contribution in [0.15, 0.2) is 18.2 Å². The Hall–Kier alpha value is -1.66. The lowest BCUT2D eigenvalue weighted by Crippen LogP contribution is -2.09. The fourth-order valence-electron chi connectivity index (χ4n) is 2.19. The van der Waals surface area contributed by atoms with Crippen molar-refractivity contribution in [3.8, 4) is 0 Å². The van der Waals surface area contributed by atoms with E-state index in [1.807, 2.05) is 26.8 Å². The molecule has 0 saturated carbocycles. The fraction of sp³-hybridized carbons (Fsp3) is 0.286. The number of nitro groups is 1. The van der Waals surface area contributed by atoms with Crippen LogP contribution in [0.4, 0.5) is 15.8 Å². The first-order chi connectivity index (χ1) is 9.79. The molecule has 2 rings (SSSR count). The fourth-order valence-corrected chi connectivity index (χ4v) is 3.38. The highest BCUT2D eigenvalue weighted by molar-refractivity contribution is 7.12.